The SMILES string of the molecule is C=CCO[C@@H](C)C(=O)[C@@H](C#N)c1nc(-c2c(F)cccc2F)cs1. The van der Waals surface area contributed by atoms with Gasteiger partial charge in [-0.15, -0.1) is 17.9 Å². The highest BCUT2D eigenvalue weighted by atomic mass is 32.1. The molecule has 0 unspecified atom stereocenters. The zero-order valence-electron chi connectivity index (χ0n) is 12.8. The summed E-state index contributed by atoms with van der Waals surface area (Å²) in [6, 6.07) is 5.37. The molecule has 0 bridgehead atoms. The summed E-state index contributed by atoms with van der Waals surface area (Å²) in [6.45, 7) is 5.19. The molecule has 1 aromatic carbocycles. The molecule has 2 aromatic rings. The number of thiazole rings is 1. The van der Waals surface area contributed by atoms with Gasteiger partial charge in [0.05, 0.1) is 23.9 Å². The summed E-state index contributed by atoms with van der Waals surface area (Å²) in [7, 11) is 0. The first kappa shape index (κ1) is 17.9. The van der Waals surface area contributed by atoms with Gasteiger partial charge in [0.1, 0.15) is 22.7 Å². The number of carbonyl (C=O) groups excluding carboxylic acids is 1. The Labute approximate surface area is 142 Å². The van der Waals surface area contributed by atoms with Gasteiger partial charge in [0.15, 0.2) is 11.7 Å². The highest BCUT2D eigenvalue weighted by Gasteiger charge is 2.29. The summed E-state index contributed by atoms with van der Waals surface area (Å²) in [4.78, 5) is 16.4. The van der Waals surface area contributed by atoms with E-state index in [1.54, 1.807) is 0 Å². The molecule has 0 saturated heterocycles. The van der Waals surface area contributed by atoms with Crippen LogP contribution >= 0.6 is 11.3 Å². The highest BCUT2D eigenvalue weighted by molar-refractivity contribution is 7.10. The van der Waals surface area contributed by atoms with Crippen LogP contribution in [0.3, 0.4) is 0 Å². The molecule has 124 valence electrons. The second-order valence-electron chi connectivity index (χ2n) is 4.90. The fourth-order valence-corrected chi connectivity index (χ4v) is 2.91. The van der Waals surface area contributed by atoms with Crippen molar-refractivity contribution >= 4 is 17.1 Å². The van der Waals surface area contributed by atoms with Crippen molar-refractivity contribution in [1.29, 1.82) is 5.26 Å². The van der Waals surface area contributed by atoms with Crippen LogP contribution in [-0.4, -0.2) is 23.5 Å². The number of benzene rings is 1. The van der Waals surface area contributed by atoms with E-state index < -0.39 is 29.4 Å². The Hall–Kier alpha value is -2.43. The minimum Gasteiger partial charge on any atom is -0.367 e. The molecule has 0 radical (unpaired) electrons. The maximum Gasteiger partial charge on any atom is 0.185 e. The number of Topliss-reactive ketones (excluding diaryl/α,β-unsaturated/α-hetero) is 1. The molecule has 7 heteroatoms. The Kier molecular flexibility index (Phi) is 5.90. The van der Waals surface area contributed by atoms with E-state index in [0.717, 1.165) is 23.5 Å². The standard InChI is InChI=1S/C17H14F2N2O2S/c1-3-7-23-10(2)16(22)11(8-20)17-21-14(9-24-17)15-12(18)5-4-6-13(15)19/h3-6,9-11H,1,7H2,2H3/t10-,11+/m0/s1. The molecule has 0 aliphatic carbocycles. The molecule has 24 heavy (non-hydrogen) atoms. The van der Waals surface area contributed by atoms with E-state index in [2.05, 4.69) is 11.6 Å². The van der Waals surface area contributed by atoms with Crippen LogP contribution in [0.1, 0.15) is 17.8 Å². The number of ketones is 1. The number of aromatic nitrogens is 1. The summed E-state index contributed by atoms with van der Waals surface area (Å²) >= 11 is 1.00. The first-order valence-electron chi connectivity index (χ1n) is 7.05. The lowest BCUT2D eigenvalue weighted by Crippen LogP contribution is -2.26. The Bertz CT molecular complexity index is 778. The van der Waals surface area contributed by atoms with Gasteiger partial charge in [-0.05, 0) is 19.1 Å². The fraction of sp³-hybridized carbons (Fsp3) is 0.235. The molecule has 0 fully saturated rings. The number of ether oxygens (including phenoxy) is 1. The number of nitriles is 1. The number of hydrogen-bond acceptors (Lipinski definition) is 5. The topological polar surface area (TPSA) is 63.0 Å². The molecule has 0 aliphatic heterocycles. The van der Waals surface area contributed by atoms with E-state index in [0.29, 0.717) is 0 Å². The maximum absolute atomic E-state index is 13.8. The predicted molar refractivity (Wildman–Crippen MR) is 86.4 cm³/mol. The van der Waals surface area contributed by atoms with Gasteiger partial charge in [-0.25, -0.2) is 13.8 Å². The smallest absolute Gasteiger partial charge is 0.185 e. The molecule has 0 amide bonds. The van der Waals surface area contributed by atoms with E-state index >= 15 is 0 Å². The van der Waals surface area contributed by atoms with Crippen LogP contribution < -0.4 is 0 Å². The van der Waals surface area contributed by atoms with Crippen LogP contribution in [0, 0.1) is 23.0 Å². The van der Waals surface area contributed by atoms with Gasteiger partial charge in [0, 0.05) is 5.38 Å². The second kappa shape index (κ2) is 7.90. The molecule has 1 heterocycles. The third-order valence-electron chi connectivity index (χ3n) is 3.27. The lowest BCUT2D eigenvalue weighted by molar-refractivity contribution is -0.129. The third-order valence-corrected chi connectivity index (χ3v) is 4.18. The van der Waals surface area contributed by atoms with Crippen molar-refractivity contribution in [3.8, 4) is 17.3 Å². The van der Waals surface area contributed by atoms with E-state index in [-0.39, 0.29) is 22.9 Å². The van der Waals surface area contributed by atoms with Crippen LogP contribution in [0.4, 0.5) is 8.78 Å². The lowest BCUT2D eigenvalue weighted by Gasteiger charge is -2.12. The second-order valence-corrected chi connectivity index (χ2v) is 5.79. The fourth-order valence-electron chi connectivity index (χ4n) is 2.05. The monoisotopic (exact) mass is 348 g/mol. The van der Waals surface area contributed by atoms with Gasteiger partial charge in [-0.1, -0.05) is 12.1 Å². The van der Waals surface area contributed by atoms with Gasteiger partial charge >= 0.3 is 0 Å². The van der Waals surface area contributed by atoms with Crippen molar-refractivity contribution in [1.82, 2.24) is 4.98 Å². The average Bonchev–Trinajstić information content (AvgIpc) is 3.02. The quantitative estimate of drug-likeness (QED) is 0.713. The molecule has 0 N–H and O–H groups in total. The molecule has 1 aromatic heterocycles. The van der Waals surface area contributed by atoms with Crippen LogP contribution in [0.2, 0.25) is 0 Å². The molecular formula is C17H14F2N2O2S. The summed E-state index contributed by atoms with van der Waals surface area (Å²) < 4.78 is 32.9. The minimum absolute atomic E-state index is 0.0540. The number of carbonyl (C=O) groups is 1. The summed E-state index contributed by atoms with van der Waals surface area (Å²) in [5.41, 5.74) is -0.224. The first-order chi connectivity index (χ1) is 11.5. The largest absolute Gasteiger partial charge is 0.367 e. The van der Waals surface area contributed by atoms with Crippen LogP contribution in [0.15, 0.2) is 36.2 Å². The van der Waals surface area contributed by atoms with E-state index in [1.165, 1.54) is 24.4 Å². The average molecular weight is 348 g/mol. The van der Waals surface area contributed by atoms with Crippen molar-refractivity contribution in [3.63, 3.8) is 0 Å². The zero-order chi connectivity index (χ0) is 17.7. The summed E-state index contributed by atoms with van der Waals surface area (Å²) in [6.07, 6.45) is 0.679. The Morgan fingerprint density at radius 1 is 1.50 bits per heavy atom. The van der Waals surface area contributed by atoms with Crippen molar-refractivity contribution < 1.29 is 18.3 Å². The van der Waals surface area contributed by atoms with Crippen LogP contribution in [-0.2, 0) is 9.53 Å². The van der Waals surface area contributed by atoms with E-state index in [4.69, 9.17) is 4.74 Å². The molecule has 2 atom stereocenters. The van der Waals surface area contributed by atoms with Gasteiger partial charge < -0.3 is 4.74 Å². The van der Waals surface area contributed by atoms with Crippen molar-refractivity contribution in [3.05, 3.63) is 52.9 Å². The summed E-state index contributed by atoms with van der Waals surface area (Å²) in [5.74, 6) is -3.13. The van der Waals surface area contributed by atoms with Gasteiger partial charge in [0.25, 0.3) is 0 Å². The van der Waals surface area contributed by atoms with E-state index in [9.17, 15) is 18.8 Å². The Balaban J connectivity index is 2.30. The van der Waals surface area contributed by atoms with Crippen molar-refractivity contribution in [2.75, 3.05) is 6.61 Å². The van der Waals surface area contributed by atoms with Crippen molar-refractivity contribution in [2.24, 2.45) is 0 Å². The highest BCUT2D eigenvalue weighted by Crippen LogP contribution is 2.30. The van der Waals surface area contributed by atoms with Crippen LogP contribution in [0.5, 0.6) is 0 Å². The number of nitrogens with zero attached hydrogens (tertiary/aromatic N) is 2. The lowest BCUT2D eigenvalue weighted by atomic mass is 10.0. The third kappa shape index (κ3) is 3.72. The molecule has 0 spiro atoms. The van der Waals surface area contributed by atoms with E-state index in [1.807, 2.05) is 6.07 Å². The Morgan fingerprint density at radius 3 is 2.75 bits per heavy atom. The number of halogens is 2. The van der Waals surface area contributed by atoms with Crippen LogP contribution in [0.25, 0.3) is 11.3 Å². The van der Waals surface area contributed by atoms with Crippen molar-refractivity contribution in [2.45, 2.75) is 18.9 Å². The molecule has 0 aliphatic rings. The van der Waals surface area contributed by atoms with Gasteiger partial charge in [-0.2, -0.15) is 5.26 Å². The predicted octanol–water partition coefficient (Wildman–Crippen LogP) is 3.86. The number of hydrogen-bond donors (Lipinski definition) is 0. The van der Waals surface area contributed by atoms with Gasteiger partial charge in [-0.3, -0.25) is 4.79 Å². The zero-order valence-corrected chi connectivity index (χ0v) is 13.6. The molecular weight excluding hydrogens is 334 g/mol. The summed E-state index contributed by atoms with van der Waals surface area (Å²) in [5, 5.41) is 10.9. The number of rotatable bonds is 7. The first-order valence-corrected chi connectivity index (χ1v) is 7.93. The normalized spacial score (nSPS) is 13.1. The maximum atomic E-state index is 13.8. The molecule has 2 rings (SSSR count). The molecule has 4 nitrogen and oxygen atoms in total. The minimum atomic E-state index is -1.15. The molecule has 0 saturated carbocycles. The van der Waals surface area contributed by atoms with Gasteiger partial charge in [0.2, 0.25) is 0 Å². The Morgan fingerprint density at radius 2 is 2.17 bits per heavy atom.